The van der Waals surface area contributed by atoms with Crippen LogP contribution >= 0.6 is 0 Å². The molecule has 128 valence electrons. The van der Waals surface area contributed by atoms with Crippen molar-refractivity contribution in [1.29, 1.82) is 0 Å². The number of imide groups is 1. The number of carbonyl (C=O) groups is 3. The molecule has 1 aromatic carbocycles. The molecule has 2 aliphatic rings. The highest BCUT2D eigenvalue weighted by Gasteiger charge is 2.43. The first-order valence-corrected chi connectivity index (χ1v) is 8.26. The second-order valence-electron chi connectivity index (χ2n) is 6.46. The monoisotopic (exact) mass is 330 g/mol. The van der Waals surface area contributed by atoms with E-state index in [1.54, 1.807) is 6.07 Å². The van der Waals surface area contributed by atoms with Crippen molar-refractivity contribution >= 4 is 23.5 Å². The third-order valence-corrected chi connectivity index (χ3v) is 4.89. The van der Waals surface area contributed by atoms with Gasteiger partial charge in [0.05, 0.1) is 31.2 Å². The third-order valence-electron chi connectivity index (χ3n) is 4.89. The van der Waals surface area contributed by atoms with Crippen molar-refractivity contribution in [2.45, 2.75) is 32.2 Å². The number of hydrogen-bond donors (Lipinski definition) is 0. The number of piperidine rings is 1. The number of nitrogens with zero attached hydrogens (tertiary/aromatic N) is 2. The number of rotatable bonds is 3. The molecular weight excluding hydrogens is 308 g/mol. The standard InChI is InChI=1S/C18H22N2O4/c1-12-4-3-5-14(10-12)20-16(21)11-15(17(20)22)19-8-6-13(7-9-19)18(23)24-2/h3-5,10,13,15H,6-9,11H2,1-2H3/t15-/m0/s1. The number of carbonyl (C=O) groups excluding carboxylic acids is 3. The van der Waals surface area contributed by atoms with Crippen molar-refractivity contribution in [2.75, 3.05) is 25.1 Å². The Hall–Kier alpha value is -2.21. The van der Waals surface area contributed by atoms with Crippen molar-refractivity contribution in [3.63, 3.8) is 0 Å². The Balaban J connectivity index is 1.70. The number of esters is 1. The van der Waals surface area contributed by atoms with E-state index >= 15 is 0 Å². The number of ether oxygens (including phenoxy) is 1. The Morgan fingerprint density at radius 2 is 1.92 bits per heavy atom. The van der Waals surface area contributed by atoms with E-state index in [1.165, 1.54) is 12.0 Å². The molecule has 24 heavy (non-hydrogen) atoms. The highest BCUT2D eigenvalue weighted by Crippen LogP contribution is 2.29. The van der Waals surface area contributed by atoms with Gasteiger partial charge in [-0.25, -0.2) is 4.90 Å². The van der Waals surface area contributed by atoms with Crippen LogP contribution in [0.5, 0.6) is 0 Å². The fourth-order valence-electron chi connectivity index (χ4n) is 3.55. The molecule has 0 bridgehead atoms. The van der Waals surface area contributed by atoms with E-state index < -0.39 is 6.04 Å². The molecule has 2 amide bonds. The lowest BCUT2D eigenvalue weighted by atomic mass is 9.95. The van der Waals surface area contributed by atoms with Gasteiger partial charge < -0.3 is 4.74 Å². The van der Waals surface area contributed by atoms with Crippen molar-refractivity contribution in [1.82, 2.24) is 4.90 Å². The van der Waals surface area contributed by atoms with Crippen molar-refractivity contribution in [2.24, 2.45) is 5.92 Å². The van der Waals surface area contributed by atoms with Crippen LogP contribution < -0.4 is 4.90 Å². The Morgan fingerprint density at radius 3 is 2.54 bits per heavy atom. The first-order chi connectivity index (χ1) is 11.5. The van der Waals surface area contributed by atoms with E-state index in [1.807, 2.05) is 30.0 Å². The van der Waals surface area contributed by atoms with E-state index in [2.05, 4.69) is 0 Å². The topological polar surface area (TPSA) is 66.9 Å². The molecular formula is C18H22N2O4. The summed E-state index contributed by atoms with van der Waals surface area (Å²) >= 11 is 0. The normalized spacial score (nSPS) is 22.9. The molecule has 1 atom stereocenters. The molecule has 1 aromatic rings. The molecule has 0 aliphatic carbocycles. The maximum absolute atomic E-state index is 12.8. The van der Waals surface area contributed by atoms with Crippen LogP contribution in [0.4, 0.5) is 5.69 Å². The predicted molar refractivity (Wildman–Crippen MR) is 88.4 cm³/mol. The zero-order valence-corrected chi connectivity index (χ0v) is 14.0. The molecule has 2 heterocycles. The minimum atomic E-state index is -0.420. The predicted octanol–water partition coefficient (Wildman–Crippen LogP) is 1.51. The van der Waals surface area contributed by atoms with Gasteiger partial charge in [0.2, 0.25) is 5.91 Å². The average molecular weight is 330 g/mol. The molecule has 2 aliphatic heterocycles. The van der Waals surface area contributed by atoms with Gasteiger partial charge in [-0.2, -0.15) is 0 Å². The molecule has 0 spiro atoms. The van der Waals surface area contributed by atoms with Gasteiger partial charge in [-0.15, -0.1) is 0 Å². The number of likely N-dealkylation sites (tertiary alicyclic amines) is 1. The quantitative estimate of drug-likeness (QED) is 0.621. The number of methoxy groups -OCH3 is 1. The van der Waals surface area contributed by atoms with E-state index in [9.17, 15) is 14.4 Å². The lowest BCUT2D eigenvalue weighted by molar-refractivity contribution is -0.147. The van der Waals surface area contributed by atoms with Gasteiger partial charge >= 0.3 is 5.97 Å². The van der Waals surface area contributed by atoms with Crippen LogP contribution in [0.1, 0.15) is 24.8 Å². The fraction of sp³-hybridized carbons (Fsp3) is 0.500. The summed E-state index contributed by atoms with van der Waals surface area (Å²) in [6.07, 6.45) is 1.53. The van der Waals surface area contributed by atoms with Crippen LogP contribution in [-0.4, -0.2) is 48.9 Å². The highest BCUT2D eigenvalue weighted by atomic mass is 16.5. The molecule has 6 nitrogen and oxygen atoms in total. The molecule has 0 N–H and O–H groups in total. The van der Waals surface area contributed by atoms with Gasteiger partial charge in [0.25, 0.3) is 5.91 Å². The molecule has 0 radical (unpaired) electrons. The van der Waals surface area contributed by atoms with Gasteiger partial charge in [-0.05, 0) is 50.6 Å². The molecule has 0 unspecified atom stereocenters. The van der Waals surface area contributed by atoms with Gasteiger partial charge in [0.15, 0.2) is 0 Å². The van der Waals surface area contributed by atoms with Gasteiger partial charge in [-0.3, -0.25) is 19.3 Å². The van der Waals surface area contributed by atoms with E-state index in [-0.39, 0.29) is 30.1 Å². The van der Waals surface area contributed by atoms with Crippen LogP contribution in [-0.2, 0) is 19.1 Å². The van der Waals surface area contributed by atoms with E-state index in [0.717, 1.165) is 5.56 Å². The smallest absolute Gasteiger partial charge is 0.308 e. The average Bonchev–Trinajstić information content (AvgIpc) is 2.89. The summed E-state index contributed by atoms with van der Waals surface area (Å²) in [5.41, 5.74) is 1.65. The van der Waals surface area contributed by atoms with Crippen molar-refractivity contribution in [3.8, 4) is 0 Å². The van der Waals surface area contributed by atoms with Crippen LogP contribution in [0.2, 0.25) is 0 Å². The Morgan fingerprint density at radius 1 is 1.21 bits per heavy atom. The number of hydrogen-bond acceptors (Lipinski definition) is 5. The second kappa shape index (κ2) is 6.73. The summed E-state index contributed by atoms with van der Waals surface area (Å²) in [4.78, 5) is 40.1. The molecule has 2 fully saturated rings. The zero-order valence-electron chi connectivity index (χ0n) is 14.0. The molecule has 3 rings (SSSR count). The Labute approximate surface area is 141 Å². The first kappa shape index (κ1) is 16.6. The third kappa shape index (κ3) is 3.06. The van der Waals surface area contributed by atoms with Crippen LogP contribution in [0.25, 0.3) is 0 Å². The molecule has 0 aromatic heterocycles. The van der Waals surface area contributed by atoms with Gasteiger partial charge in [-0.1, -0.05) is 12.1 Å². The summed E-state index contributed by atoms with van der Waals surface area (Å²) in [5, 5.41) is 0. The number of benzene rings is 1. The summed E-state index contributed by atoms with van der Waals surface area (Å²) in [6.45, 7) is 3.19. The summed E-state index contributed by atoms with van der Waals surface area (Å²) in [7, 11) is 1.40. The van der Waals surface area contributed by atoms with E-state index in [4.69, 9.17) is 4.74 Å². The lowest BCUT2D eigenvalue weighted by Gasteiger charge is -2.33. The van der Waals surface area contributed by atoms with Crippen LogP contribution in [0, 0.1) is 12.8 Å². The maximum atomic E-state index is 12.8. The lowest BCUT2D eigenvalue weighted by Crippen LogP contribution is -2.46. The number of anilines is 1. The zero-order chi connectivity index (χ0) is 17.3. The molecule has 2 saturated heterocycles. The number of aryl methyl sites for hydroxylation is 1. The summed E-state index contributed by atoms with van der Waals surface area (Å²) < 4.78 is 4.79. The highest BCUT2D eigenvalue weighted by molar-refractivity contribution is 6.22. The molecule has 0 saturated carbocycles. The first-order valence-electron chi connectivity index (χ1n) is 8.26. The summed E-state index contributed by atoms with van der Waals surface area (Å²) in [6, 6.07) is 7.00. The largest absolute Gasteiger partial charge is 0.469 e. The minimum Gasteiger partial charge on any atom is -0.469 e. The fourth-order valence-corrected chi connectivity index (χ4v) is 3.55. The second-order valence-corrected chi connectivity index (χ2v) is 6.46. The van der Waals surface area contributed by atoms with Crippen molar-refractivity contribution < 1.29 is 19.1 Å². The Kier molecular flexibility index (Phi) is 4.66. The van der Waals surface area contributed by atoms with Gasteiger partial charge in [0.1, 0.15) is 0 Å². The minimum absolute atomic E-state index is 0.105. The maximum Gasteiger partial charge on any atom is 0.308 e. The van der Waals surface area contributed by atoms with Crippen molar-refractivity contribution in [3.05, 3.63) is 29.8 Å². The SMILES string of the molecule is COC(=O)C1CCN([C@H]2CC(=O)N(c3cccc(C)c3)C2=O)CC1. The Bertz CT molecular complexity index is 665. The summed E-state index contributed by atoms with van der Waals surface area (Å²) in [5.74, 6) is -0.621. The van der Waals surface area contributed by atoms with Crippen LogP contribution in [0.3, 0.4) is 0 Å². The molecule has 6 heteroatoms. The van der Waals surface area contributed by atoms with Gasteiger partial charge in [0, 0.05) is 0 Å². The number of amides is 2. The van der Waals surface area contributed by atoms with E-state index in [0.29, 0.717) is 31.6 Å². The van der Waals surface area contributed by atoms with Crippen LogP contribution in [0.15, 0.2) is 24.3 Å².